The maximum Gasteiger partial charge on any atom is 0.319 e. The number of pyridine rings is 1. The Morgan fingerprint density at radius 3 is 2.53 bits per heavy atom. The van der Waals surface area contributed by atoms with Crippen LogP contribution in [0, 0.1) is 5.82 Å². The number of halogens is 1. The van der Waals surface area contributed by atoms with E-state index in [4.69, 9.17) is 9.72 Å². The number of fused-ring (bicyclic) bond motifs is 1. The van der Waals surface area contributed by atoms with Crippen LogP contribution in [0.2, 0.25) is 0 Å². The lowest BCUT2D eigenvalue weighted by Gasteiger charge is -2.21. The average molecular weight is 485 g/mol. The summed E-state index contributed by atoms with van der Waals surface area (Å²) in [6.07, 6.45) is 0. The molecule has 4 aromatic rings. The highest BCUT2D eigenvalue weighted by molar-refractivity contribution is 5.97. The van der Waals surface area contributed by atoms with Crippen molar-refractivity contribution in [2.45, 2.75) is 12.0 Å². The summed E-state index contributed by atoms with van der Waals surface area (Å²) in [6, 6.07) is 25.8. The molecule has 3 aromatic carbocycles. The van der Waals surface area contributed by atoms with Crippen LogP contribution in [0.25, 0.3) is 22.2 Å². The van der Waals surface area contributed by atoms with Crippen LogP contribution < -0.4 is 10.6 Å². The van der Waals surface area contributed by atoms with E-state index in [9.17, 15) is 9.18 Å². The summed E-state index contributed by atoms with van der Waals surface area (Å²) in [6.45, 7) is 3.03. The summed E-state index contributed by atoms with van der Waals surface area (Å²) in [5, 5.41) is 6.97. The van der Waals surface area contributed by atoms with Crippen molar-refractivity contribution in [1.29, 1.82) is 0 Å². The number of ether oxygens (including phenoxy) is 1. The molecule has 2 atom stereocenters. The Labute approximate surface area is 210 Å². The molecule has 184 valence electrons. The second-order valence-electron chi connectivity index (χ2n) is 9.06. The Balaban J connectivity index is 1.41. The second kappa shape index (κ2) is 10.8. The number of carbonyl (C=O) groups is 1. The van der Waals surface area contributed by atoms with Crippen LogP contribution in [0.1, 0.15) is 11.5 Å². The van der Waals surface area contributed by atoms with Crippen LogP contribution in [0.3, 0.4) is 0 Å². The van der Waals surface area contributed by atoms with Gasteiger partial charge in [-0.3, -0.25) is 4.90 Å². The standard InChI is InChI=1S/C29H29FN4O2/c1-36-15-14-34-18-24(20-8-4-2-5-9-20)27(19-34)33-29(35)32-26-16-22-12-13-23(30)17-25(22)31-28(26)21-10-6-3-7-11-21/h2-13,16-17,24,27H,14-15,18-19H2,1H3,(H2,32,33,35)/t24-,27+/m0/s1. The van der Waals surface area contributed by atoms with Gasteiger partial charge < -0.3 is 15.4 Å². The molecule has 1 aliphatic rings. The zero-order valence-electron chi connectivity index (χ0n) is 20.2. The first kappa shape index (κ1) is 23.9. The van der Waals surface area contributed by atoms with Gasteiger partial charge in [0.2, 0.25) is 0 Å². The number of nitrogens with zero attached hydrogens (tertiary/aromatic N) is 2. The Morgan fingerprint density at radius 2 is 1.78 bits per heavy atom. The molecule has 0 spiro atoms. The van der Waals surface area contributed by atoms with E-state index in [2.05, 4.69) is 27.7 Å². The molecule has 2 heterocycles. The molecule has 0 saturated carbocycles. The molecule has 36 heavy (non-hydrogen) atoms. The Hall–Kier alpha value is -3.81. The highest BCUT2D eigenvalue weighted by Crippen LogP contribution is 2.31. The quantitative estimate of drug-likeness (QED) is 0.375. The molecule has 0 aliphatic carbocycles. The molecule has 0 bridgehead atoms. The van der Waals surface area contributed by atoms with Crippen molar-refractivity contribution in [3.05, 3.63) is 96.3 Å². The van der Waals surface area contributed by atoms with Gasteiger partial charge in [0.25, 0.3) is 0 Å². The van der Waals surface area contributed by atoms with E-state index in [1.807, 2.05) is 54.6 Å². The normalized spacial score (nSPS) is 17.8. The SMILES string of the molecule is COCCN1C[C@@H](NC(=O)Nc2cc3ccc(F)cc3nc2-c2ccccc2)[C@H](c2ccccc2)C1. The first-order chi connectivity index (χ1) is 17.6. The second-order valence-corrected chi connectivity index (χ2v) is 9.06. The van der Waals surface area contributed by atoms with E-state index >= 15 is 0 Å². The molecule has 7 heteroatoms. The zero-order chi connectivity index (χ0) is 24.9. The predicted octanol–water partition coefficient (Wildman–Crippen LogP) is 5.28. The van der Waals surface area contributed by atoms with Crippen molar-refractivity contribution in [3.63, 3.8) is 0 Å². The van der Waals surface area contributed by atoms with Crippen LogP contribution in [-0.4, -0.2) is 55.3 Å². The lowest BCUT2D eigenvalue weighted by molar-refractivity contribution is 0.159. The molecular formula is C29H29FN4O2. The number of aromatic nitrogens is 1. The largest absolute Gasteiger partial charge is 0.383 e. The summed E-state index contributed by atoms with van der Waals surface area (Å²) in [5.41, 5.74) is 3.74. The van der Waals surface area contributed by atoms with Gasteiger partial charge in [-0.05, 0) is 23.8 Å². The fraction of sp³-hybridized carbons (Fsp3) is 0.241. The number of hydrogen-bond donors (Lipinski definition) is 2. The van der Waals surface area contributed by atoms with Crippen molar-refractivity contribution in [1.82, 2.24) is 15.2 Å². The smallest absolute Gasteiger partial charge is 0.319 e. The lowest BCUT2D eigenvalue weighted by Crippen LogP contribution is -2.42. The topological polar surface area (TPSA) is 66.5 Å². The summed E-state index contributed by atoms with van der Waals surface area (Å²) in [7, 11) is 1.70. The highest BCUT2D eigenvalue weighted by atomic mass is 19.1. The van der Waals surface area contributed by atoms with Gasteiger partial charge in [-0.25, -0.2) is 14.2 Å². The van der Waals surface area contributed by atoms with Gasteiger partial charge in [-0.1, -0.05) is 60.7 Å². The minimum absolute atomic E-state index is 0.0630. The molecule has 0 radical (unpaired) electrons. The number of amides is 2. The highest BCUT2D eigenvalue weighted by Gasteiger charge is 2.34. The van der Waals surface area contributed by atoms with Crippen LogP contribution in [-0.2, 0) is 4.74 Å². The van der Waals surface area contributed by atoms with E-state index < -0.39 is 0 Å². The van der Waals surface area contributed by atoms with E-state index in [1.165, 1.54) is 17.7 Å². The third-order valence-corrected chi connectivity index (χ3v) is 6.63. The van der Waals surface area contributed by atoms with E-state index in [0.717, 1.165) is 30.6 Å². The van der Waals surface area contributed by atoms with E-state index in [-0.39, 0.29) is 23.8 Å². The van der Waals surface area contributed by atoms with Gasteiger partial charge in [-0.15, -0.1) is 0 Å². The van der Waals surface area contributed by atoms with Crippen LogP contribution in [0.5, 0.6) is 0 Å². The van der Waals surface area contributed by atoms with Crippen LogP contribution in [0.4, 0.5) is 14.9 Å². The van der Waals surface area contributed by atoms with Crippen molar-refractivity contribution in [3.8, 4) is 11.3 Å². The third kappa shape index (κ3) is 5.37. The Kier molecular flexibility index (Phi) is 7.21. The summed E-state index contributed by atoms with van der Waals surface area (Å²) in [4.78, 5) is 20.3. The van der Waals surface area contributed by atoms with Crippen molar-refractivity contribution < 1.29 is 13.9 Å². The lowest BCUT2D eigenvalue weighted by atomic mass is 9.94. The van der Waals surface area contributed by atoms with Gasteiger partial charge in [-0.2, -0.15) is 0 Å². The Morgan fingerprint density at radius 1 is 1.03 bits per heavy atom. The molecule has 1 saturated heterocycles. The predicted molar refractivity (Wildman–Crippen MR) is 141 cm³/mol. The number of hydrogen-bond acceptors (Lipinski definition) is 4. The van der Waals surface area contributed by atoms with E-state index in [0.29, 0.717) is 23.5 Å². The van der Waals surface area contributed by atoms with Crippen LogP contribution in [0.15, 0.2) is 84.9 Å². The zero-order valence-corrected chi connectivity index (χ0v) is 20.2. The average Bonchev–Trinajstić information content (AvgIpc) is 3.30. The molecule has 6 nitrogen and oxygen atoms in total. The van der Waals surface area contributed by atoms with Gasteiger partial charge >= 0.3 is 6.03 Å². The number of anilines is 1. The third-order valence-electron chi connectivity index (χ3n) is 6.63. The number of carbonyl (C=O) groups excluding carboxylic acids is 1. The number of nitrogens with one attached hydrogen (secondary N) is 2. The molecular weight excluding hydrogens is 455 g/mol. The number of likely N-dealkylation sites (tertiary alicyclic amines) is 1. The van der Waals surface area contributed by atoms with Gasteiger partial charge in [0.1, 0.15) is 5.82 Å². The van der Waals surface area contributed by atoms with Crippen molar-refractivity contribution >= 4 is 22.6 Å². The van der Waals surface area contributed by atoms with Crippen molar-refractivity contribution in [2.24, 2.45) is 0 Å². The minimum atomic E-state index is -0.348. The maximum atomic E-state index is 13.9. The Bertz CT molecular complexity index is 1330. The molecule has 5 rings (SSSR count). The first-order valence-electron chi connectivity index (χ1n) is 12.1. The molecule has 1 fully saturated rings. The summed E-state index contributed by atoms with van der Waals surface area (Å²) < 4.78 is 19.1. The molecule has 0 unspecified atom stereocenters. The van der Waals surface area contributed by atoms with E-state index in [1.54, 1.807) is 13.2 Å². The monoisotopic (exact) mass is 484 g/mol. The summed E-state index contributed by atoms with van der Waals surface area (Å²) >= 11 is 0. The molecule has 2 amide bonds. The molecule has 1 aliphatic heterocycles. The molecule has 1 aromatic heterocycles. The van der Waals surface area contributed by atoms with Gasteiger partial charge in [0.05, 0.1) is 29.5 Å². The van der Waals surface area contributed by atoms with Crippen LogP contribution >= 0.6 is 0 Å². The summed E-state index contributed by atoms with van der Waals surface area (Å²) in [5.74, 6) is -0.182. The molecule has 2 N–H and O–H groups in total. The number of rotatable bonds is 7. The number of urea groups is 1. The maximum absolute atomic E-state index is 13.9. The van der Waals surface area contributed by atoms with Gasteiger partial charge in [0, 0.05) is 49.7 Å². The minimum Gasteiger partial charge on any atom is -0.383 e. The number of benzene rings is 3. The number of methoxy groups -OCH3 is 1. The first-order valence-corrected chi connectivity index (χ1v) is 12.1. The van der Waals surface area contributed by atoms with Gasteiger partial charge in [0.15, 0.2) is 0 Å². The fourth-order valence-corrected chi connectivity index (χ4v) is 4.85. The fourth-order valence-electron chi connectivity index (χ4n) is 4.85. The van der Waals surface area contributed by atoms with Crippen molar-refractivity contribution in [2.75, 3.05) is 38.7 Å².